The van der Waals surface area contributed by atoms with Gasteiger partial charge in [0.25, 0.3) is 0 Å². The van der Waals surface area contributed by atoms with Gasteiger partial charge >= 0.3 is 6.18 Å². The molecule has 2 aromatic carbocycles. The molecule has 1 spiro atoms. The smallest absolute Gasteiger partial charge is 0.364 e. The van der Waals surface area contributed by atoms with Gasteiger partial charge in [-0.1, -0.05) is 48.5 Å². The molecule has 0 bridgehead atoms. The second kappa shape index (κ2) is 10.9. The normalized spacial score (nSPS) is 22.4. The number of piperidine rings is 2. The highest BCUT2D eigenvalue weighted by molar-refractivity contribution is 5.78. The largest absolute Gasteiger partial charge is 0.421 e. The van der Waals surface area contributed by atoms with Crippen LogP contribution in [0.4, 0.5) is 13.2 Å². The first kappa shape index (κ1) is 27.2. The Labute approximate surface area is 216 Å². The summed E-state index contributed by atoms with van der Waals surface area (Å²) in [6, 6.07) is 15.4. The zero-order chi connectivity index (χ0) is 26.7. The third kappa shape index (κ3) is 5.54. The molecule has 0 aromatic heterocycles. The summed E-state index contributed by atoms with van der Waals surface area (Å²) in [6.45, 7) is 3.31. The van der Waals surface area contributed by atoms with Gasteiger partial charge in [-0.15, -0.1) is 0 Å². The lowest BCUT2D eigenvalue weighted by molar-refractivity contribution is -0.269. The molecule has 3 aliphatic rings. The Bertz CT molecular complexity index is 1100. The average molecular weight is 517 g/mol. The molecule has 5 nitrogen and oxygen atoms in total. The van der Waals surface area contributed by atoms with Gasteiger partial charge in [0.05, 0.1) is 0 Å². The van der Waals surface area contributed by atoms with E-state index in [1.807, 2.05) is 11.0 Å². The molecule has 2 heterocycles. The average Bonchev–Trinajstić information content (AvgIpc) is 3.37. The number of aryl methyl sites for hydroxylation is 2. The topological polar surface area (TPSA) is 58.6 Å². The standard InChI is InChI=1S/C16H20N2O2.C13H15F3O/c19-12-18-8-6-16(7-9-18)10-15(20)17-11-14(16)13-4-2-1-3-5-13;1-12(17-2,13(14,15)16)11-7-6-9-4-3-5-10(9)8-11/h1-5,12,14H,6-11H2,(H,17,20);6-8H,3-5H2,1-2H3. The van der Waals surface area contributed by atoms with Crippen LogP contribution in [0.2, 0.25) is 0 Å². The zero-order valence-corrected chi connectivity index (χ0v) is 21.4. The number of alkyl halides is 3. The van der Waals surface area contributed by atoms with Gasteiger partial charge in [0, 0.05) is 39.1 Å². The van der Waals surface area contributed by atoms with Crippen LogP contribution >= 0.6 is 0 Å². The molecule has 2 fully saturated rings. The van der Waals surface area contributed by atoms with Crippen LogP contribution in [-0.2, 0) is 32.8 Å². The molecule has 2 unspecified atom stereocenters. The molecular formula is C29H35F3N2O3. The second-order valence-electron chi connectivity index (χ2n) is 10.5. The monoisotopic (exact) mass is 516 g/mol. The summed E-state index contributed by atoms with van der Waals surface area (Å²) in [5.74, 6) is 0.506. The molecule has 8 heteroatoms. The molecule has 2 saturated heterocycles. The van der Waals surface area contributed by atoms with Gasteiger partial charge in [-0.05, 0) is 66.7 Å². The Hall–Kier alpha value is -2.87. The van der Waals surface area contributed by atoms with Crippen LogP contribution in [0.5, 0.6) is 0 Å². The maximum absolute atomic E-state index is 13.0. The molecule has 2 aliphatic heterocycles. The van der Waals surface area contributed by atoms with Crippen LogP contribution in [-0.4, -0.2) is 50.1 Å². The summed E-state index contributed by atoms with van der Waals surface area (Å²) < 4.78 is 43.8. The number of likely N-dealkylation sites (tertiary alicyclic amines) is 1. The Balaban J connectivity index is 0.000000176. The number of rotatable bonds is 4. The number of carbonyl (C=O) groups is 2. The van der Waals surface area contributed by atoms with Gasteiger partial charge in [-0.2, -0.15) is 13.2 Å². The van der Waals surface area contributed by atoms with E-state index in [1.54, 1.807) is 12.1 Å². The van der Waals surface area contributed by atoms with Crippen molar-refractivity contribution in [2.24, 2.45) is 5.41 Å². The van der Waals surface area contributed by atoms with Crippen LogP contribution in [0.1, 0.15) is 60.8 Å². The number of methoxy groups -OCH3 is 1. The van der Waals surface area contributed by atoms with Crippen LogP contribution in [0.3, 0.4) is 0 Å². The minimum absolute atomic E-state index is 0.0171. The van der Waals surface area contributed by atoms with Gasteiger partial charge in [-0.3, -0.25) is 9.59 Å². The number of fused-ring (bicyclic) bond motifs is 1. The highest BCUT2D eigenvalue weighted by Gasteiger charge is 2.53. The summed E-state index contributed by atoms with van der Waals surface area (Å²) >= 11 is 0. The number of halogens is 3. The van der Waals surface area contributed by atoms with Crippen molar-refractivity contribution in [1.82, 2.24) is 10.2 Å². The number of carbonyl (C=O) groups excluding carboxylic acids is 2. The van der Waals surface area contributed by atoms with Crippen LogP contribution in [0, 0.1) is 5.41 Å². The van der Waals surface area contributed by atoms with E-state index >= 15 is 0 Å². The summed E-state index contributed by atoms with van der Waals surface area (Å²) in [5.41, 5.74) is 1.47. The van der Waals surface area contributed by atoms with E-state index in [1.165, 1.54) is 11.6 Å². The molecule has 1 N–H and O–H groups in total. The summed E-state index contributed by atoms with van der Waals surface area (Å²) in [7, 11) is 1.10. The fourth-order valence-electron chi connectivity index (χ4n) is 5.96. The van der Waals surface area contributed by atoms with Crippen molar-refractivity contribution < 1.29 is 27.5 Å². The van der Waals surface area contributed by atoms with Crippen LogP contribution in [0.25, 0.3) is 0 Å². The van der Waals surface area contributed by atoms with Crippen LogP contribution in [0.15, 0.2) is 48.5 Å². The SMILES string of the molecule is COC(C)(c1ccc2c(c1)CCC2)C(F)(F)F.O=CN1CCC2(CC1)CC(=O)NCC2c1ccccc1. The third-order valence-corrected chi connectivity index (χ3v) is 8.50. The van der Waals surface area contributed by atoms with Crippen LogP contribution < -0.4 is 5.32 Å². The van der Waals surface area contributed by atoms with E-state index in [-0.39, 0.29) is 16.9 Å². The first-order valence-electron chi connectivity index (χ1n) is 12.9. The first-order valence-corrected chi connectivity index (χ1v) is 12.9. The number of ether oxygens (including phenoxy) is 1. The highest BCUT2D eigenvalue weighted by Crippen LogP contribution is 2.48. The minimum atomic E-state index is -4.41. The molecule has 0 saturated carbocycles. The van der Waals surface area contributed by atoms with Gasteiger partial charge in [0.15, 0.2) is 5.60 Å². The predicted molar refractivity (Wildman–Crippen MR) is 135 cm³/mol. The number of benzene rings is 2. The Morgan fingerprint density at radius 2 is 1.73 bits per heavy atom. The maximum Gasteiger partial charge on any atom is 0.421 e. The lowest BCUT2D eigenvalue weighted by Crippen LogP contribution is -2.51. The number of amides is 2. The first-order chi connectivity index (χ1) is 17.6. The van der Waals surface area contributed by atoms with E-state index in [0.717, 1.165) is 76.8 Å². The lowest BCUT2D eigenvalue weighted by Gasteiger charge is -2.48. The molecule has 37 heavy (non-hydrogen) atoms. The second-order valence-corrected chi connectivity index (χ2v) is 10.5. The van der Waals surface area contributed by atoms with Crippen molar-refractivity contribution in [2.45, 2.75) is 63.1 Å². The van der Waals surface area contributed by atoms with Gasteiger partial charge in [-0.25, -0.2) is 0 Å². The number of nitrogens with zero attached hydrogens (tertiary/aromatic N) is 1. The van der Waals surface area contributed by atoms with Crippen molar-refractivity contribution in [3.63, 3.8) is 0 Å². The van der Waals surface area contributed by atoms with Crippen molar-refractivity contribution >= 4 is 12.3 Å². The van der Waals surface area contributed by atoms with Crippen molar-refractivity contribution in [1.29, 1.82) is 0 Å². The molecule has 1 aliphatic carbocycles. The summed E-state index contributed by atoms with van der Waals surface area (Å²) in [4.78, 5) is 24.6. The van der Waals surface area contributed by atoms with E-state index in [0.29, 0.717) is 18.9 Å². The van der Waals surface area contributed by atoms with E-state index < -0.39 is 11.8 Å². The fourth-order valence-corrected chi connectivity index (χ4v) is 5.96. The van der Waals surface area contributed by atoms with E-state index in [9.17, 15) is 22.8 Å². The molecule has 200 valence electrons. The zero-order valence-electron chi connectivity index (χ0n) is 21.4. The Morgan fingerprint density at radius 1 is 1.05 bits per heavy atom. The van der Waals surface area contributed by atoms with Gasteiger partial charge in [0.2, 0.25) is 12.3 Å². The predicted octanol–water partition coefficient (Wildman–Crippen LogP) is 5.13. The minimum Gasteiger partial charge on any atom is -0.364 e. The molecule has 2 atom stereocenters. The maximum atomic E-state index is 13.0. The Kier molecular flexibility index (Phi) is 7.97. The van der Waals surface area contributed by atoms with Gasteiger partial charge < -0.3 is 15.0 Å². The van der Waals surface area contributed by atoms with Gasteiger partial charge in [0.1, 0.15) is 0 Å². The number of nitrogens with one attached hydrogen (secondary N) is 1. The van der Waals surface area contributed by atoms with E-state index in [2.05, 4.69) is 29.6 Å². The quantitative estimate of drug-likeness (QED) is 0.574. The number of hydrogen-bond donors (Lipinski definition) is 1. The number of hydrogen-bond acceptors (Lipinski definition) is 3. The fraction of sp³-hybridized carbons (Fsp3) is 0.517. The van der Waals surface area contributed by atoms with Crippen molar-refractivity contribution in [3.05, 3.63) is 70.8 Å². The molecular weight excluding hydrogens is 481 g/mol. The molecule has 2 aromatic rings. The summed E-state index contributed by atoms with van der Waals surface area (Å²) in [5, 5.41) is 3.01. The molecule has 5 rings (SSSR count). The Morgan fingerprint density at radius 3 is 2.35 bits per heavy atom. The van der Waals surface area contributed by atoms with Crippen molar-refractivity contribution in [3.8, 4) is 0 Å². The molecule has 0 radical (unpaired) electrons. The third-order valence-electron chi connectivity index (χ3n) is 8.50. The van der Waals surface area contributed by atoms with E-state index in [4.69, 9.17) is 4.74 Å². The van der Waals surface area contributed by atoms with Crippen molar-refractivity contribution in [2.75, 3.05) is 26.7 Å². The lowest BCUT2D eigenvalue weighted by atomic mass is 9.62. The highest BCUT2D eigenvalue weighted by atomic mass is 19.4. The summed E-state index contributed by atoms with van der Waals surface area (Å²) in [6.07, 6.45) is 1.78. The molecule has 2 amide bonds.